The van der Waals surface area contributed by atoms with E-state index >= 15 is 0 Å². The van der Waals surface area contributed by atoms with Gasteiger partial charge in [-0.05, 0) is 75.1 Å². The molecule has 1 aliphatic heterocycles. The van der Waals surface area contributed by atoms with Gasteiger partial charge in [-0.1, -0.05) is 18.2 Å². The van der Waals surface area contributed by atoms with Gasteiger partial charge >= 0.3 is 0 Å². The highest BCUT2D eigenvalue weighted by molar-refractivity contribution is 7.91. The third kappa shape index (κ3) is 6.00. The van der Waals surface area contributed by atoms with Gasteiger partial charge in [0.15, 0.2) is 15.9 Å². The monoisotopic (exact) mass is 445 g/mol. The van der Waals surface area contributed by atoms with E-state index in [1.165, 1.54) is 0 Å². The second-order valence-corrected chi connectivity index (χ2v) is 10.3. The Morgan fingerprint density at radius 2 is 1.77 bits per heavy atom. The molecule has 2 unspecified atom stereocenters. The van der Waals surface area contributed by atoms with E-state index in [0.29, 0.717) is 25.3 Å². The largest absolute Gasteiger partial charge is 0.494 e. The van der Waals surface area contributed by atoms with Crippen molar-refractivity contribution >= 4 is 15.7 Å². The summed E-state index contributed by atoms with van der Waals surface area (Å²) in [6.45, 7) is 8.56. The molecular weight excluding hydrogens is 414 g/mol. The Bertz CT molecular complexity index is 1020. The molecule has 1 saturated heterocycles. The molecule has 1 fully saturated rings. The second-order valence-electron chi connectivity index (χ2n) is 8.11. The molecule has 2 aromatic rings. The molecule has 0 saturated carbocycles. The summed E-state index contributed by atoms with van der Waals surface area (Å²) in [5, 5.41) is 0. The zero-order valence-electron chi connectivity index (χ0n) is 18.6. The van der Waals surface area contributed by atoms with Crippen molar-refractivity contribution in [2.45, 2.75) is 52.8 Å². The van der Waals surface area contributed by atoms with Gasteiger partial charge in [0.25, 0.3) is 5.91 Å². The lowest BCUT2D eigenvalue weighted by Crippen LogP contribution is -2.46. The summed E-state index contributed by atoms with van der Waals surface area (Å²) in [5.41, 5.74) is 3.16. The van der Waals surface area contributed by atoms with Crippen LogP contribution in [0.5, 0.6) is 11.5 Å². The molecular formula is C24H31NO5S. The summed E-state index contributed by atoms with van der Waals surface area (Å²) in [6, 6.07) is 12.9. The van der Waals surface area contributed by atoms with Crippen LogP contribution in [0.2, 0.25) is 0 Å². The highest BCUT2D eigenvalue weighted by atomic mass is 32.2. The van der Waals surface area contributed by atoms with Gasteiger partial charge in [0.2, 0.25) is 0 Å². The van der Waals surface area contributed by atoms with Crippen molar-refractivity contribution in [2.75, 3.05) is 18.1 Å². The Morgan fingerprint density at radius 3 is 2.35 bits per heavy atom. The number of hydrogen-bond donors (Lipinski definition) is 0. The molecule has 1 aliphatic rings. The number of rotatable bonds is 8. The average Bonchev–Trinajstić information content (AvgIpc) is 3.09. The van der Waals surface area contributed by atoms with Crippen LogP contribution < -0.4 is 9.47 Å². The molecule has 168 valence electrons. The average molecular weight is 446 g/mol. The summed E-state index contributed by atoms with van der Waals surface area (Å²) in [5.74, 6) is 1.28. The van der Waals surface area contributed by atoms with Gasteiger partial charge < -0.3 is 14.4 Å². The fourth-order valence-corrected chi connectivity index (χ4v) is 5.47. The minimum Gasteiger partial charge on any atom is -0.494 e. The molecule has 0 aliphatic carbocycles. The summed E-state index contributed by atoms with van der Waals surface area (Å²) < 4.78 is 35.6. The topological polar surface area (TPSA) is 72.9 Å². The number of carbonyl (C=O) groups excluding carboxylic acids is 1. The van der Waals surface area contributed by atoms with Gasteiger partial charge in [0.05, 0.1) is 18.1 Å². The molecule has 0 N–H and O–H groups in total. The predicted molar refractivity (Wildman–Crippen MR) is 121 cm³/mol. The van der Waals surface area contributed by atoms with Crippen LogP contribution in [-0.2, 0) is 21.2 Å². The summed E-state index contributed by atoms with van der Waals surface area (Å²) in [6.07, 6.45) is -0.283. The molecule has 1 amide bonds. The summed E-state index contributed by atoms with van der Waals surface area (Å²) in [7, 11) is -3.13. The molecule has 6 nitrogen and oxygen atoms in total. The van der Waals surface area contributed by atoms with Crippen LogP contribution in [0.1, 0.15) is 37.0 Å². The molecule has 31 heavy (non-hydrogen) atoms. The van der Waals surface area contributed by atoms with E-state index in [2.05, 4.69) is 0 Å². The van der Waals surface area contributed by atoms with E-state index in [1.807, 2.05) is 63.2 Å². The maximum Gasteiger partial charge on any atom is 0.263 e. The molecule has 2 aromatic carbocycles. The van der Waals surface area contributed by atoms with E-state index in [-0.39, 0.29) is 23.5 Å². The molecule has 2 atom stereocenters. The molecule has 3 rings (SSSR count). The van der Waals surface area contributed by atoms with Crippen LogP contribution in [0, 0.1) is 13.8 Å². The van der Waals surface area contributed by atoms with Gasteiger partial charge in [-0.15, -0.1) is 0 Å². The SMILES string of the molecule is CCOc1ccc(CN(C(=O)C(C)Oc2ccc(C)c(C)c2)C2CCS(=O)(=O)C2)cc1. The molecule has 0 bridgehead atoms. The van der Waals surface area contributed by atoms with E-state index in [0.717, 1.165) is 22.4 Å². The minimum atomic E-state index is -3.13. The first-order chi connectivity index (χ1) is 14.7. The zero-order valence-corrected chi connectivity index (χ0v) is 19.4. The van der Waals surface area contributed by atoms with Crippen molar-refractivity contribution in [1.82, 2.24) is 4.90 Å². The maximum atomic E-state index is 13.4. The number of sulfone groups is 1. The lowest BCUT2D eigenvalue weighted by Gasteiger charge is -2.31. The first-order valence-corrected chi connectivity index (χ1v) is 12.5. The normalized spacial score (nSPS) is 18.4. The number of carbonyl (C=O) groups is 1. The van der Waals surface area contributed by atoms with Gasteiger partial charge in [-0.25, -0.2) is 8.42 Å². The van der Waals surface area contributed by atoms with Crippen LogP contribution in [0.4, 0.5) is 0 Å². The molecule has 0 radical (unpaired) electrons. The van der Waals surface area contributed by atoms with Gasteiger partial charge in [0.1, 0.15) is 11.5 Å². The predicted octanol–water partition coefficient (Wildman–Crippen LogP) is 3.69. The van der Waals surface area contributed by atoms with Crippen molar-refractivity contribution in [3.63, 3.8) is 0 Å². The fourth-order valence-electron chi connectivity index (χ4n) is 3.74. The number of aryl methyl sites for hydroxylation is 2. The van der Waals surface area contributed by atoms with Crippen molar-refractivity contribution in [3.8, 4) is 11.5 Å². The Hall–Kier alpha value is -2.54. The number of ether oxygens (including phenoxy) is 2. The molecule has 1 heterocycles. The highest BCUT2D eigenvalue weighted by Gasteiger charge is 2.36. The quantitative estimate of drug-likeness (QED) is 0.620. The van der Waals surface area contributed by atoms with E-state index < -0.39 is 15.9 Å². The molecule has 0 spiro atoms. The third-order valence-corrected chi connectivity index (χ3v) is 7.41. The smallest absolute Gasteiger partial charge is 0.263 e. The molecule has 0 aromatic heterocycles. The summed E-state index contributed by atoms with van der Waals surface area (Å²) >= 11 is 0. The highest BCUT2D eigenvalue weighted by Crippen LogP contribution is 2.24. The van der Waals surface area contributed by atoms with Crippen molar-refractivity contribution < 1.29 is 22.7 Å². The number of nitrogens with zero attached hydrogens (tertiary/aromatic N) is 1. The van der Waals surface area contributed by atoms with Crippen molar-refractivity contribution in [2.24, 2.45) is 0 Å². The van der Waals surface area contributed by atoms with Gasteiger partial charge in [-0.2, -0.15) is 0 Å². The standard InChI is InChI=1S/C24H31NO5S/c1-5-29-22-10-7-20(8-11-22)15-25(21-12-13-31(27,28)16-21)24(26)19(4)30-23-9-6-17(2)18(3)14-23/h6-11,14,19,21H,5,12-13,15-16H2,1-4H3. The first kappa shape index (κ1) is 23.1. The Morgan fingerprint density at radius 1 is 1.10 bits per heavy atom. The number of hydrogen-bond acceptors (Lipinski definition) is 5. The maximum absolute atomic E-state index is 13.4. The van der Waals surface area contributed by atoms with E-state index in [9.17, 15) is 13.2 Å². The van der Waals surface area contributed by atoms with Gasteiger partial charge in [0, 0.05) is 12.6 Å². The lowest BCUT2D eigenvalue weighted by atomic mass is 10.1. The van der Waals surface area contributed by atoms with Crippen molar-refractivity contribution in [3.05, 3.63) is 59.2 Å². The zero-order chi connectivity index (χ0) is 22.6. The fraction of sp³-hybridized carbons (Fsp3) is 0.458. The van der Waals surface area contributed by atoms with Crippen LogP contribution in [0.25, 0.3) is 0 Å². The van der Waals surface area contributed by atoms with E-state index in [1.54, 1.807) is 11.8 Å². The third-order valence-electron chi connectivity index (χ3n) is 5.66. The van der Waals surface area contributed by atoms with Gasteiger partial charge in [-0.3, -0.25) is 4.79 Å². The second kappa shape index (κ2) is 9.73. The molecule has 7 heteroatoms. The Labute approximate surface area is 185 Å². The number of benzene rings is 2. The first-order valence-electron chi connectivity index (χ1n) is 10.6. The van der Waals surface area contributed by atoms with E-state index in [4.69, 9.17) is 9.47 Å². The minimum absolute atomic E-state index is 0.00781. The van der Waals surface area contributed by atoms with Crippen molar-refractivity contribution in [1.29, 1.82) is 0 Å². The Kier molecular flexibility index (Phi) is 7.26. The van der Waals surface area contributed by atoms with Crippen LogP contribution in [-0.4, -0.2) is 49.5 Å². The lowest BCUT2D eigenvalue weighted by molar-refractivity contribution is -0.140. The van der Waals surface area contributed by atoms with Crippen LogP contribution in [0.15, 0.2) is 42.5 Å². The Balaban J connectivity index is 1.79. The number of amides is 1. The van der Waals surface area contributed by atoms with Crippen LogP contribution in [0.3, 0.4) is 0 Å². The van der Waals surface area contributed by atoms with Crippen LogP contribution >= 0.6 is 0 Å². The summed E-state index contributed by atoms with van der Waals surface area (Å²) in [4.78, 5) is 15.0.